The van der Waals surface area contributed by atoms with Crippen LogP contribution < -0.4 is 10.5 Å². The first-order chi connectivity index (χ1) is 9.52. The van der Waals surface area contributed by atoms with Crippen molar-refractivity contribution in [1.29, 1.82) is 0 Å². The Morgan fingerprint density at radius 2 is 1.95 bits per heavy atom. The van der Waals surface area contributed by atoms with Crippen LogP contribution in [0.4, 0.5) is 5.69 Å². The van der Waals surface area contributed by atoms with Gasteiger partial charge in [-0.3, -0.25) is 0 Å². The van der Waals surface area contributed by atoms with E-state index in [1.165, 1.54) is 18.9 Å². The molecule has 21 heavy (non-hydrogen) atoms. The lowest BCUT2D eigenvalue weighted by molar-refractivity contribution is 0.0693. The molecule has 2 aromatic carbocycles. The number of carboxylic acids is 1. The Kier molecular flexibility index (Phi) is 6.39. The molecule has 0 amide bonds. The SMILES string of the molecule is Br.COc1cc(Sc2ccccc2C(=O)O)c(N)cc1Cl. The number of hydrogen-bond donors (Lipinski definition) is 2. The summed E-state index contributed by atoms with van der Waals surface area (Å²) in [5.41, 5.74) is 6.61. The molecule has 0 saturated carbocycles. The molecule has 4 nitrogen and oxygen atoms in total. The summed E-state index contributed by atoms with van der Waals surface area (Å²) in [6.07, 6.45) is 0. The van der Waals surface area contributed by atoms with Gasteiger partial charge in [-0.25, -0.2) is 4.79 Å². The summed E-state index contributed by atoms with van der Waals surface area (Å²) in [6, 6.07) is 10.0. The molecule has 2 aromatic rings. The number of benzene rings is 2. The summed E-state index contributed by atoms with van der Waals surface area (Å²) < 4.78 is 5.14. The highest BCUT2D eigenvalue weighted by atomic mass is 79.9. The molecule has 3 N–H and O–H groups in total. The highest BCUT2D eigenvalue weighted by molar-refractivity contribution is 8.93. The van der Waals surface area contributed by atoms with Gasteiger partial charge < -0.3 is 15.6 Å². The van der Waals surface area contributed by atoms with Gasteiger partial charge >= 0.3 is 5.97 Å². The minimum Gasteiger partial charge on any atom is -0.495 e. The van der Waals surface area contributed by atoms with E-state index >= 15 is 0 Å². The van der Waals surface area contributed by atoms with Crippen molar-refractivity contribution in [3.05, 3.63) is 47.0 Å². The normalized spacial score (nSPS) is 9.81. The zero-order valence-corrected chi connectivity index (χ0v) is 14.3. The summed E-state index contributed by atoms with van der Waals surface area (Å²) in [4.78, 5) is 12.5. The summed E-state index contributed by atoms with van der Waals surface area (Å²) in [5, 5.41) is 9.58. The smallest absolute Gasteiger partial charge is 0.336 e. The summed E-state index contributed by atoms with van der Waals surface area (Å²) in [7, 11) is 1.51. The van der Waals surface area contributed by atoms with Gasteiger partial charge in [0.05, 0.1) is 17.7 Å². The maximum absolute atomic E-state index is 11.2. The van der Waals surface area contributed by atoms with Crippen molar-refractivity contribution in [3.63, 3.8) is 0 Å². The molecule has 0 atom stereocenters. The van der Waals surface area contributed by atoms with Gasteiger partial charge in [-0.1, -0.05) is 35.5 Å². The molecular formula is C14H13BrClNO3S. The van der Waals surface area contributed by atoms with Crippen LogP contribution in [0.15, 0.2) is 46.2 Å². The molecule has 0 bridgehead atoms. The Hall–Kier alpha value is -1.37. The van der Waals surface area contributed by atoms with Crippen LogP contribution in [-0.4, -0.2) is 18.2 Å². The predicted molar refractivity (Wildman–Crippen MR) is 90.3 cm³/mol. The molecule has 0 heterocycles. The topological polar surface area (TPSA) is 72.5 Å². The third-order valence-corrected chi connectivity index (χ3v) is 4.07. The van der Waals surface area contributed by atoms with Crippen LogP contribution in [0.3, 0.4) is 0 Å². The van der Waals surface area contributed by atoms with Crippen molar-refractivity contribution in [1.82, 2.24) is 0 Å². The highest BCUT2D eigenvalue weighted by Crippen LogP contribution is 2.39. The second-order valence-electron chi connectivity index (χ2n) is 3.93. The molecule has 0 aliphatic heterocycles. The molecule has 0 aromatic heterocycles. The van der Waals surface area contributed by atoms with Gasteiger partial charge in [0, 0.05) is 15.5 Å². The average Bonchev–Trinajstić information content (AvgIpc) is 2.42. The van der Waals surface area contributed by atoms with E-state index in [2.05, 4.69) is 0 Å². The molecule has 0 aliphatic rings. The average molecular weight is 391 g/mol. The maximum Gasteiger partial charge on any atom is 0.336 e. The van der Waals surface area contributed by atoms with Crippen molar-refractivity contribution in [2.45, 2.75) is 9.79 Å². The second kappa shape index (κ2) is 7.59. The van der Waals surface area contributed by atoms with Crippen LogP contribution >= 0.6 is 40.3 Å². The van der Waals surface area contributed by atoms with Crippen LogP contribution in [0.1, 0.15) is 10.4 Å². The van der Waals surface area contributed by atoms with Gasteiger partial charge in [0.15, 0.2) is 0 Å². The number of nitrogen functional groups attached to an aromatic ring is 1. The van der Waals surface area contributed by atoms with Gasteiger partial charge in [0.2, 0.25) is 0 Å². The number of ether oxygens (including phenoxy) is 1. The van der Waals surface area contributed by atoms with Gasteiger partial charge in [0.25, 0.3) is 0 Å². The van der Waals surface area contributed by atoms with Crippen LogP contribution in [0, 0.1) is 0 Å². The van der Waals surface area contributed by atoms with Gasteiger partial charge in [-0.05, 0) is 24.3 Å². The van der Waals surface area contributed by atoms with Crippen LogP contribution in [-0.2, 0) is 0 Å². The lowest BCUT2D eigenvalue weighted by atomic mass is 10.2. The predicted octanol–water partition coefficient (Wildman–Crippen LogP) is 4.36. The number of carbonyl (C=O) groups is 1. The molecule has 0 fully saturated rings. The number of anilines is 1. The quantitative estimate of drug-likeness (QED) is 0.759. The monoisotopic (exact) mass is 389 g/mol. The van der Waals surface area contributed by atoms with Crippen LogP contribution in [0.25, 0.3) is 0 Å². The number of nitrogens with two attached hydrogens (primary N) is 1. The van der Waals surface area contributed by atoms with E-state index < -0.39 is 5.97 Å². The minimum atomic E-state index is -0.979. The molecule has 0 saturated heterocycles. The number of halogens is 2. The van der Waals surface area contributed by atoms with E-state index in [1.54, 1.807) is 36.4 Å². The minimum absolute atomic E-state index is 0. The molecule has 7 heteroatoms. The number of hydrogen-bond acceptors (Lipinski definition) is 4. The van der Waals surface area contributed by atoms with Crippen LogP contribution in [0.5, 0.6) is 5.75 Å². The van der Waals surface area contributed by atoms with Gasteiger partial charge in [0.1, 0.15) is 5.75 Å². The Morgan fingerprint density at radius 3 is 2.57 bits per heavy atom. The van der Waals surface area contributed by atoms with Crippen molar-refractivity contribution >= 4 is 52.0 Å². The summed E-state index contributed by atoms with van der Waals surface area (Å²) in [6.45, 7) is 0. The Balaban J connectivity index is 0.00000220. The zero-order chi connectivity index (χ0) is 14.7. The van der Waals surface area contributed by atoms with Crippen molar-refractivity contribution in [2.24, 2.45) is 0 Å². The van der Waals surface area contributed by atoms with E-state index in [0.717, 1.165) is 0 Å². The molecule has 0 radical (unpaired) electrons. The fourth-order valence-corrected chi connectivity index (χ4v) is 2.89. The van der Waals surface area contributed by atoms with Crippen molar-refractivity contribution in [3.8, 4) is 5.75 Å². The lowest BCUT2D eigenvalue weighted by Crippen LogP contribution is -1.98. The Bertz CT molecular complexity index is 667. The van der Waals surface area contributed by atoms with Crippen molar-refractivity contribution in [2.75, 3.05) is 12.8 Å². The highest BCUT2D eigenvalue weighted by Gasteiger charge is 2.13. The third kappa shape index (κ3) is 4.06. The fraction of sp³-hybridized carbons (Fsp3) is 0.0714. The first kappa shape index (κ1) is 17.7. The summed E-state index contributed by atoms with van der Waals surface area (Å²) in [5.74, 6) is -0.483. The van der Waals surface area contributed by atoms with Gasteiger partial charge in [-0.2, -0.15) is 0 Å². The van der Waals surface area contributed by atoms with E-state index in [-0.39, 0.29) is 22.5 Å². The summed E-state index contributed by atoms with van der Waals surface area (Å²) >= 11 is 7.24. The van der Waals surface area contributed by atoms with E-state index in [0.29, 0.717) is 26.3 Å². The molecule has 0 aliphatic carbocycles. The number of carboxylic acid groups (broad SMARTS) is 1. The van der Waals surface area contributed by atoms with E-state index in [9.17, 15) is 4.79 Å². The molecule has 0 spiro atoms. The number of rotatable bonds is 4. The standard InChI is InChI=1S/C14H12ClNO3S.BrH/c1-19-11-7-13(10(16)6-9(11)15)20-12-5-3-2-4-8(12)14(17)18;/h2-7H,16H2,1H3,(H,17,18);1H. The number of aromatic carboxylic acids is 1. The maximum atomic E-state index is 11.2. The fourth-order valence-electron chi connectivity index (χ4n) is 1.65. The Labute approximate surface area is 142 Å². The number of methoxy groups -OCH3 is 1. The molecule has 0 unspecified atom stereocenters. The van der Waals surface area contributed by atoms with Crippen LogP contribution in [0.2, 0.25) is 5.02 Å². The Morgan fingerprint density at radius 1 is 1.29 bits per heavy atom. The van der Waals surface area contributed by atoms with Gasteiger partial charge in [-0.15, -0.1) is 17.0 Å². The zero-order valence-electron chi connectivity index (χ0n) is 11.0. The first-order valence-electron chi connectivity index (χ1n) is 5.66. The van der Waals surface area contributed by atoms with E-state index in [1.807, 2.05) is 0 Å². The third-order valence-electron chi connectivity index (χ3n) is 2.62. The van der Waals surface area contributed by atoms with E-state index in [4.69, 9.17) is 27.2 Å². The molecular weight excluding hydrogens is 378 g/mol. The van der Waals surface area contributed by atoms with Crippen molar-refractivity contribution < 1.29 is 14.6 Å². The molecule has 112 valence electrons. The molecule has 2 rings (SSSR count). The first-order valence-corrected chi connectivity index (χ1v) is 6.85. The largest absolute Gasteiger partial charge is 0.495 e. The second-order valence-corrected chi connectivity index (χ2v) is 5.42. The lowest BCUT2D eigenvalue weighted by Gasteiger charge is -2.11.